The van der Waals surface area contributed by atoms with E-state index in [9.17, 15) is 14.3 Å². The standard InChI is InChI=1S/C16H17FN2O4/c1-22-9-13-7-14(18-23-13)16(21)19-8-12(20)6-15(19)10-2-4-11(17)5-3-10/h2-5,7,12,15,20H,6,8-9H2,1H3/t12-,15+/m0/s1. The van der Waals surface area contributed by atoms with Gasteiger partial charge >= 0.3 is 0 Å². The minimum atomic E-state index is -0.626. The number of hydrogen-bond donors (Lipinski definition) is 1. The molecule has 1 N–H and O–H groups in total. The highest BCUT2D eigenvalue weighted by Crippen LogP contribution is 2.33. The van der Waals surface area contributed by atoms with Crippen LogP contribution in [0, 0.1) is 5.82 Å². The quantitative estimate of drug-likeness (QED) is 0.931. The topological polar surface area (TPSA) is 75.8 Å². The van der Waals surface area contributed by atoms with Crippen LogP contribution in [-0.2, 0) is 11.3 Å². The van der Waals surface area contributed by atoms with Crippen LogP contribution in [0.5, 0.6) is 0 Å². The molecule has 0 spiro atoms. The highest BCUT2D eigenvalue weighted by molar-refractivity contribution is 5.92. The summed E-state index contributed by atoms with van der Waals surface area (Å²) in [6.45, 7) is 0.428. The van der Waals surface area contributed by atoms with E-state index in [-0.39, 0.29) is 36.6 Å². The summed E-state index contributed by atoms with van der Waals surface area (Å²) in [5, 5.41) is 13.7. The lowest BCUT2D eigenvalue weighted by molar-refractivity contribution is 0.0704. The number of likely N-dealkylation sites (tertiary alicyclic amines) is 1. The Kier molecular flexibility index (Phi) is 4.40. The second-order valence-corrected chi connectivity index (χ2v) is 5.53. The van der Waals surface area contributed by atoms with Gasteiger partial charge in [-0.2, -0.15) is 0 Å². The van der Waals surface area contributed by atoms with Crippen molar-refractivity contribution in [2.24, 2.45) is 0 Å². The zero-order valence-electron chi connectivity index (χ0n) is 12.6. The molecule has 1 aromatic heterocycles. The Balaban J connectivity index is 1.83. The maximum atomic E-state index is 13.1. The van der Waals surface area contributed by atoms with Crippen LogP contribution < -0.4 is 0 Å². The predicted octanol–water partition coefficient (Wildman–Crippen LogP) is 1.91. The number of rotatable bonds is 4. The van der Waals surface area contributed by atoms with Crippen molar-refractivity contribution in [1.29, 1.82) is 0 Å². The van der Waals surface area contributed by atoms with E-state index in [0.29, 0.717) is 12.2 Å². The molecule has 23 heavy (non-hydrogen) atoms. The summed E-state index contributed by atoms with van der Waals surface area (Å²) in [4.78, 5) is 14.2. The van der Waals surface area contributed by atoms with Gasteiger partial charge in [-0.15, -0.1) is 0 Å². The molecule has 1 amide bonds. The van der Waals surface area contributed by atoms with Crippen LogP contribution in [0.15, 0.2) is 34.9 Å². The van der Waals surface area contributed by atoms with Gasteiger partial charge in [-0.1, -0.05) is 17.3 Å². The summed E-state index contributed by atoms with van der Waals surface area (Å²) in [5.41, 5.74) is 0.940. The van der Waals surface area contributed by atoms with Gasteiger partial charge in [0.1, 0.15) is 12.4 Å². The van der Waals surface area contributed by atoms with Crippen LogP contribution in [0.1, 0.15) is 34.3 Å². The molecule has 0 aliphatic carbocycles. The smallest absolute Gasteiger partial charge is 0.276 e. The van der Waals surface area contributed by atoms with Crippen molar-refractivity contribution < 1.29 is 23.6 Å². The molecule has 1 aliphatic rings. The second kappa shape index (κ2) is 6.47. The number of ether oxygens (including phenoxy) is 1. The van der Waals surface area contributed by atoms with Gasteiger partial charge in [-0.25, -0.2) is 4.39 Å². The molecular weight excluding hydrogens is 303 g/mol. The largest absolute Gasteiger partial charge is 0.391 e. The fraction of sp³-hybridized carbons (Fsp3) is 0.375. The molecule has 122 valence electrons. The number of hydrogen-bond acceptors (Lipinski definition) is 5. The van der Waals surface area contributed by atoms with E-state index in [1.54, 1.807) is 12.1 Å². The van der Waals surface area contributed by atoms with E-state index in [0.717, 1.165) is 5.56 Å². The highest BCUT2D eigenvalue weighted by atomic mass is 19.1. The van der Waals surface area contributed by atoms with Crippen molar-refractivity contribution in [2.75, 3.05) is 13.7 Å². The predicted molar refractivity (Wildman–Crippen MR) is 78.0 cm³/mol. The van der Waals surface area contributed by atoms with Gasteiger partial charge in [0.05, 0.1) is 12.1 Å². The third-order valence-corrected chi connectivity index (χ3v) is 3.86. The summed E-state index contributed by atoms with van der Waals surface area (Å²) in [6, 6.07) is 7.14. The molecule has 1 saturated heterocycles. The molecule has 3 rings (SSSR count). The number of benzene rings is 1. The second-order valence-electron chi connectivity index (χ2n) is 5.53. The summed E-state index contributed by atoms with van der Waals surface area (Å²) in [7, 11) is 1.52. The Morgan fingerprint density at radius 2 is 2.22 bits per heavy atom. The fourth-order valence-corrected chi connectivity index (χ4v) is 2.81. The third kappa shape index (κ3) is 3.25. The number of β-amino-alcohol motifs (C(OH)–C–C–N with tert-alkyl or cyclic N) is 1. The molecule has 6 nitrogen and oxygen atoms in total. The first-order chi connectivity index (χ1) is 11.1. The molecule has 2 atom stereocenters. The van der Waals surface area contributed by atoms with Gasteiger partial charge < -0.3 is 19.3 Å². The number of methoxy groups -OCH3 is 1. The number of nitrogens with zero attached hydrogens (tertiary/aromatic N) is 2. The molecule has 1 fully saturated rings. The molecule has 2 aromatic rings. The molecule has 2 heterocycles. The minimum Gasteiger partial charge on any atom is -0.391 e. The molecule has 0 radical (unpaired) electrons. The lowest BCUT2D eigenvalue weighted by Gasteiger charge is -2.23. The number of aliphatic hydroxyl groups is 1. The van der Waals surface area contributed by atoms with Crippen LogP contribution in [0.3, 0.4) is 0 Å². The molecule has 1 aliphatic heterocycles. The minimum absolute atomic E-state index is 0.165. The maximum Gasteiger partial charge on any atom is 0.276 e. The molecule has 7 heteroatoms. The van der Waals surface area contributed by atoms with E-state index in [1.807, 2.05) is 0 Å². The molecular formula is C16H17FN2O4. The van der Waals surface area contributed by atoms with Gasteiger partial charge in [-0.05, 0) is 24.1 Å². The Labute approximate surface area is 132 Å². The van der Waals surface area contributed by atoms with Crippen LogP contribution in [0.25, 0.3) is 0 Å². The van der Waals surface area contributed by atoms with E-state index < -0.39 is 6.10 Å². The van der Waals surface area contributed by atoms with Gasteiger partial charge in [-0.3, -0.25) is 4.79 Å². The Morgan fingerprint density at radius 3 is 2.91 bits per heavy atom. The van der Waals surface area contributed by atoms with Crippen molar-refractivity contribution in [3.63, 3.8) is 0 Å². The number of aromatic nitrogens is 1. The van der Waals surface area contributed by atoms with Crippen LogP contribution in [-0.4, -0.2) is 40.8 Å². The van der Waals surface area contributed by atoms with E-state index in [1.165, 1.54) is 30.2 Å². The number of carbonyl (C=O) groups excluding carboxylic acids is 1. The van der Waals surface area contributed by atoms with E-state index in [2.05, 4.69) is 5.16 Å². The summed E-state index contributed by atoms with van der Waals surface area (Å²) >= 11 is 0. The van der Waals surface area contributed by atoms with Crippen LogP contribution >= 0.6 is 0 Å². The lowest BCUT2D eigenvalue weighted by atomic mass is 10.0. The molecule has 0 bridgehead atoms. The normalized spacial score (nSPS) is 20.9. The van der Waals surface area contributed by atoms with Gasteiger partial charge in [0.25, 0.3) is 5.91 Å². The van der Waals surface area contributed by atoms with Crippen molar-refractivity contribution >= 4 is 5.91 Å². The molecule has 0 saturated carbocycles. The summed E-state index contributed by atoms with van der Waals surface area (Å²) in [6.07, 6.45) is -0.223. The number of aliphatic hydroxyl groups excluding tert-OH is 1. The monoisotopic (exact) mass is 320 g/mol. The fourth-order valence-electron chi connectivity index (χ4n) is 2.81. The first kappa shape index (κ1) is 15.6. The van der Waals surface area contributed by atoms with Gasteiger partial charge in [0.15, 0.2) is 11.5 Å². The third-order valence-electron chi connectivity index (χ3n) is 3.86. The first-order valence-electron chi connectivity index (χ1n) is 7.27. The first-order valence-corrected chi connectivity index (χ1v) is 7.27. The maximum absolute atomic E-state index is 13.1. The van der Waals surface area contributed by atoms with Gasteiger partial charge in [0.2, 0.25) is 0 Å². The summed E-state index contributed by atoms with van der Waals surface area (Å²) < 4.78 is 23.0. The number of carbonyl (C=O) groups is 1. The van der Waals surface area contributed by atoms with E-state index >= 15 is 0 Å². The average molecular weight is 320 g/mol. The van der Waals surface area contributed by atoms with Crippen molar-refractivity contribution in [1.82, 2.24) is 10.1 Å². The Bertz CT molecular complexity index is 686. The van der Waals surface area contributed by atoms with Gasteiger partial charge in [0, 0.05) is 19.7 Å². The van der Waals surface area contributed by atoms with Crippen molar-refractivity contribution in [3.8, 4) is 0 Å². The molecule has 1 aromatic carbocycles. The Hall–Kier alpha value is -2.25. The average Bonchev–Trinajstić information content (AvgIpc) is 3.15. The Morgan fingerprint density at radius 1 is 1.48 bits per heavy atom. The zero-order chi connectivity index (χ0) is 16.4. The van der Waals surface area contributed by atoms with E-state index in [4.69, 9.17) is 9.26 Å². The van der Waals surface area contributed by atoms with Crippen LogP contribution in [0.4, 0.5) is 4.39 Å². The SMILES string of the molecule is COCc1cc(C(=O)N2C[C@@H](O)C[C@@H]2c2ccc(F)cc2)no1. The summed E-state index contributed by atoms with van der Waals surface area (Å²) in [5.74, 6) is -0.221. The molecule has 0 unspecified atom stereocenters. The number of amides is 1. The highest BCUT2D eigenvalue weighted by Gasteiger charge is 2.36. The van der Waals surface area contributed by atoms with Crippen molar-refractivity contribution in [3.05, 3.63) is 53.2 Å². The number of halogens is 1. The van der Waals surface area contributed by atoms with Crippen molar-refractivity contribution in [2.45, 2.75) is 25.2 Å². The lowest BCUT2D eigenvalue weighted by Crippen LogP contribution is -2.32. The van der Waals surface area contributed by atoms with Crippen LogP contribution in [0.2, 0.25) is 0 Å². The zero-order valence-corrected chi connectivity index (χ0v) is 12.6.